The third-order valence-electron chi connectivity index (χ3n) is 4.44. The second kappa shape index (κ2) is 6.10. The fourth-order valence-electron chi connectivity index (χ4n) is 3.11. The van der Waals surface area contributed by atoms with Crippen molar-refractivity contribution in [1.82, 2.24) is 0 Å². The van der Waals surface area contributed by atoms with Crippen molar-refractivity contribution < 1.29 is 0 Å². The minimum absolute atomic E-state index is 0.716. The first-order valence-electron chi connectivity index (χ1n) is 7.02. The topological polar surface area (TPSA) is 3.24 Å². The molecule has 18 heavy (non-hydrogen) atoms. The van der Waals surface area contributed by atoms with Crippen LogP contribution in [0.3, 0.4) is 0 Å². The molecule has 1 saturated carbocycles. The molecule has 0 heterocycles. The van der Waals surface area contributed by atoms with Crippen LogP contribution in [0.4, 0.5) is 5.69 Å². The zero-order valence-electron chi connectivity index (χ0n) is 11.7. The molecular weight excluding hydrogens is 286 g/mol. The van der Waals surface area contributed by atoms with Crippen molar-refractivity contribution in [3.8, 4) is 0 Å². The summed E-state index contributed by atoms with van der Waals surface area (Å²) in [6.07, 6.45) is 5.52. The Bertz CT molecular complexity index is 402. The molecule has 2 unspecified atom stereocenters. The molecule has 0 bridgehead atoms. The van der Waals surface area contributed by atoms with E-state index >= 15 is 0 Å². The van der Waals surface area contributed by atoms with E-state index < -0.39 is 0 Å². The Kier molecular flexibility index (Phi) is 4.71. The molecule has 100 valence electrons. The van der Waals surface area contributed by atoms with E-state index in [-0.39, 0.29) is 0 Å². The summed E-state index contributed by atoms with van der Waals surface area (Å²) in [4.78, 5) is 2.49. The fraction of sp³-hybridized carbons (Fsp3) is 0.625. The van der Waals surface area contributed by atoms with Crippen LogP contribution in [0.15, 0.2) is 18.2 Å². The fourth-order valence-corrected chi connectivity index (χ4v) is 3.74. The van der Waals surface area contributed by atoms with Crippen LogP contribution in [-0.2, 0) is 5.33 Å². The number of hydrogen-bond acceptors (Lipinski definition) is 1. The van der Waals surface area contributed by atoms with E-state index in [9.17, 15) is 0 Å². The molecule has 1 fully saturated rings. The van der Waals surface area contributed by atoms with Gasteiger partial charge in [-0.1, -0.05) is 41.8 Å². The maximum absolute atomic E-state index is 3.54. The average Bonchev–Trinajstić information content (AvgIpc) is 2.38. The molecule has 0 amide bonds. The van der Waals surface area contributed by atoms with Gasteiger partial charge in [0.1, 0.15) is 0 Å². The molecule has 0 N–H and O–H groups in total. The van der Waals surface area contributed by atoms with Crippen molar-refractivity contribution >= 4 is 21.6 Å². The Morgan fingerprint density at radius 3 is 2.61 bits per heavy atom. The normalized spacial score (nSPS) is 24.0. The van der Waals surface area contributed by atoms with Crippen molar-refractivity contribution in [1.29, 1.82) is 0 Å². The van der Waals surface area contributed by atoms with Gasteiger partial charge in [0.2, 0.25) is 0 Å². The summed E-state index contributed by atoms with van der Waals surface area (Å²) in [5, 5.41) is 0.947. The largest absolute Gasteiger partial charge is 0.371 e. The molecule has 1 nitrogen and oxygen atoms in total. The number of rotatable bonds is 3. The zero-order valence-corrected chi connectivity index (χ0v) is 13.3. The van der Waals surface area contributed by atoms with Gasteiger partial charge in [-0.2, -0.15) is 0 Å². The molecule has 0 aromatic heterocycles. The van der Waals surface area contributed by atoms with Gasteiger partial charge in [0.05, 0.1) is 0 Å². The minimum atomic E-state index is 0.716. The average molecular weight is 310 g/mol. The number of alkyl halides is 1. The van der Waals surface area contributed by atoms with Crippen LogP contribution >= 0.6 is 15.9 Å². The lowest BCUT2D eigenvalue weighted by Gasteiger charge is -2.38. The van der Waals surface area contributed by atoms with Gasteiger partial charge in [-0.3, -0.25) is 0 Å². The molecule has 1 aromatic rings. The van der Waals surface area contributed by atoms with Crippen molar-refractivity contribution in [3.63, 3.8) is 0 Å². The smallest absolute Gasteiger partial charge is 0.0369 e. The van der Waals surface area contributed by atoms with Crippen LogP contribution in [0.2, 0.25) is 0 Å². The standard InChI is InChI=1S/C16H24BrN/c1-12-6-4-5-7-16(12)18(3)15-9-8-14(11-17)13(2)10-15/h8-10,12,16H,4-7,11H2,1-3H3. The monoisotopic (exact) mass is 309 g/mol. The quantitative estimate of drug-likeness (QED) is 0.717. The van der Waals surface area contributed by atoms with Gasteiger partial charge in [0.15, 0.2) is 0 Å². The van der Waals surface area contributed by atoms with E-state index in [4.69, 9.17) is 0 Å². The number of benzene rings is 1. The Morgan fingerprint density at radius 1 is 1.28 bits per heavy atom. The Morgan fingerprint density at radius 2 is 2.00 bits per heavy atom. The summed E-state index contributed by atoms with van der Waals surface area (Å²) in [5.74, 6) is 0.819. The molecule has 1 aliphatic rings. The van der Waals surface area contributed by atoms with E-state index in [1.54, 1.807) is 0 Å². The van der Waals surface area contributed by atoms with E-state index in [0.717, 1.165) is 11.2 Å². The first-order chi connectivity index (χ1) is 8.63. The third-order valence-corrected chi connectivity index (χ3v) is 5.05. The molecule has 0 spiro atoms. The van der Waals surface area contributed by atoms with Crippen LogP contribution in [0.25, 0.3) is 0 Å². The highest BCUT2D eigenvalue weighted by Crippen LogP contribution is 2.31. The highest BCUT2D eigenvalue weighted by molar-refractivity contribution is 9.08. The van der Waals surface area contributed by atoms with E-state index in [1.165, 1.54) is 42.5 Å². The number of halogens is 1. The third kappa shape index (κ3) is 2.90. The van der Waals surface area contributed by atoms with Gasteiger partial charge in [-0.05, 0) is 48.9 Å². The van der Waals surface area contributed by atoms with Gasteiger partial charge >= 0.3 is 0 Å². The maximum atomic E-state index is 3.54. The lowest BCUT2D eigenvalue weighted by molar-refractivity contribution is 0.321. The Labute approximate surface area is 120 Å². The molecule has 1 aliphatic carbocycles. The molecule has 0 saturated heterocycles. The minimum Gasteiger partial charge on any atom is -0.371 e. The lowest BCUT2D eigenvalue weighted by Crippen LogP contribution is -2.39. The van der Waals surface area contributed by atoms with Gasteiger partial charge in [-0.15, -0.1) is 0 Å². The summed E-state index contributed by atoms with van der Waals surface area (Å²) in [5.41, 5.74) is 4.15. The van der Waals surface area contributed by atoms with Crippen LogP contribution in [0, 0.1) is 12.8 Å². The lowest BCUT2D eigenvalue weighted by atomic mass is 9.85. The number of nitrogens with zero attached hydrogens (tertiary/aromatic N) is 1. The van der Waals surface area contributed by atoms with E-state index in [2.05, 4.69) is 59.9 Å². The van der Waals surface area contributed by atoms with E-state index in [0.29, 0.717) is 6.04 Å². The molecule has 2 rings (SSSR count). The summed E-state index contributed by atoms with van der Waals surface area (Å²) < 4.78 is 0. The number of anilines is 1. The van der Waals surface area contributed by atoms with Crippen molar-refractivity contribution in [2.24, 2.45) is 5.92 Å². The van der Waals surface area contributed by atoms with Crippen LogP contribution in [-0.4, -0.2) is 13.1 Å². The van der Waals surface area contributed by atoms with Crippen LogP contribution in [0.5, 0.6) is 0 Å². The van der Waals surface area contributed by atoms with E-state index in [1.807, 2.05) is 0 Å². The molecule has 0 radical (unpaired) electrons. The molecule has 2 atom stereocenters. The van der Waals surface area contributed by atoms with Crippen LogP contribution in [0.1, 0.15) is 43.7 Å². The van der Waals surface area contributed by atoms with Gasteiger partial charge in [0, 0.05) is 24.1 Å². The van der Waals surface area contributed by atoms with Crippen molar-refractivity contribution in [3.05, 3.63) is 29.3 Å². The van der Waals surface area contributed by atoms with Gasteiger partial charge in [-0.25, -0.2) is 0 Å². The maximum Gasteiger partial charge on any atom is 0.0369 e. The molecule has 2 heteroatoms. The molecule has 0 aliphatic heterocycles. The molecular formula is C16H24BrN. The first-order valence-corrected chi connectivity index (χ1v) is 8.14. The summed E-state index contributed by atoms with van der Waals surface area (Å²) in [7, 11) is 2.26. The first kappa shape index (κ1) is 13.9. The van der Waals surface area contributed by atoms with Crippen molar-refractivity contribution in [2.75, 3.05) is 11.9 Å². The second-order valence-electron chi connectivity index (χ2n) is 5.68. The van der Waals surface area contributed by atoms with Crippen LogP contribution < -0.4 is 4.90 Å². The zero-order chi connectivity index (χ0) is 13.1. The Balaban J connectivity index is 2.17. The number of hydrogen-bond donors (Lipinski definition) is 0. The summed E-state index contributed by atoms with van der Waals surface area (Å²) >= 11 is 3.54. The SMILES string of the molecule is Cc1cc(N(C)C2CCCCC2C)ccc1CBr. The molecule has 1 aromatic carbocycles. The number of aryl methyl sites for hydroxylation is 1. The Hall–Kier alpha value is -0.500. The summed E-state index contributed by atoms with van der Waals surface area (Å²) in [6, 6.07) is 7.57. The predicted molar refractivity (Wildman–Crippen MR) is 83.6 cm³/mol. The van der Waals surface area contributed by atoms with Crippen molar-refractivity contribution in [2.45, 2.75) is 50.9 Å². The summed E-state index contributed by atoms with van der Waals surface area (Å²) in [6.45, 7) is 4.61. The van der Waals surface area contributed by atoms with Gasteiger partial charge in [0.25, 0.3) is 0 Å². The second-order valence-corrected chi connectivity index (χ2v) is 6.25. The highest BCUT2D eigenvalue weighted by Gasteiger charge is 2.25. The highest BCUT2D eigenvalue weighted by atomic mass is 79.9. The predicted octanol–water partition coefficient (Wildman–Crippen LogP) is 4.90. The van der Waals surface area contributed by atoms with Gasteiger partial charge < -0.3 is 4.90 Å².